The Balaban J connectivity index is 3.07. The Morgan fingerprint density at radius 2 is 1.80 bits per heavy atom. The van der Waals surface area contributed by atoms with Gasteiger partial charge in [-0.2, -0.15) is 0 Å². The van der Waals surface area contributed by atoms with E-state index in [-0.39, 0.29) is 0 Å². The molecule has 0 saturated heterocycles. The van der Waals surface area contributed by atoms with Crippen LogP contribution < -0.4 is 0 Å². The molecule has 0 saturated carbocycles. The summed E-state index contributed by atoms with van der Waals surface area (Å²) in [5.41, 5.74) is 3.39. The van der Waals surface area contributed by atoms with Crippen LogP contribution in [0.2, 0.25) is 10.0 Å². The Morgan fingerprint density at radius 3 is 2.20 bits per heavy atom. The maximum atomic E-state index is 5.95. The van der Waals surface area contributed by atoms with Crippen molar-refractivity contribution in [1.29, 1.82) is 0 Å². The average Bonchev–Trinajstić information content (AvgIpc) is 2.12. The second-order valence-electron chi connectivity index (χ2n) is 3.61. The van der Waals surface area contributed by atoms with E-state index in [1.165, 1.54) is 5.57 Å². The molecule has 80 valence electrons. The number of halogens is 2. The van der Waals surface area contributed by atoms with E-state index in [0.717, 1.165) is 17.6 Å². The summed E-state index contributed by atoms with van der Waals surface area (Å²) in [6.45, 7) is 7.92. The Labute approximate surface area is 101 Å². The molecule has 0 amide bonds. The minimum absolute atomic E-state index is 0.665. The molecular weight excluding hydrogens is 227 g/mol. The van der Waals surface area contributed by atoms with Gasteiger partial charge in [0.05, 0.1) is 0 Å². The lowest BCUT2D eigenvalue weighted by molar-refractivity contribution is 1.23. The van der Waals surface area contributed by atoms with Gasteiger partial charge in [-0.15, -0.1) is 0 Å². The van der Waals surface area contributed by atoms with Crippen molar-refractivity contribution in [2.24, 2.45) is 0 Å². The summed E-state index contributed by atoms with van der Waals surface area (Å²) < 4.78 is 0. The topological polar surface area (TPSA) is 0 Å². The van der Waals surface area contributed by atoms with Crippen LogP contribution in [-0.2, 0) is 0 Å². The molecule has 1 rings (SSSR count). The first-order chi connectivity index (χ1) is 7.02. The van der Waals surface area contributed by atoms with Crippen molar-refractivity contribution in [2.75, 3.05) is 0 Å². The number of hydrogen-bond donors (Lipinski definition) is 0. The van der Waals surface area contributed by atoms with Crippen LogP contribution in [-0.4, -0.2) is 0 Å². The van der Waals surface area contributed by atoms with Gasteiger partial charge in [-0.05, 0) is 49.6 Å². The molecule has 0 aromatic heterocycles. The minimum atomic E-state index is 0.665. The van der Waals surface area contributed by atoms with Gasteiger partial charge >= 0.3 is 0 Å². The fraction of sp³-hybridized carbons (Fsp3) is 0.231. The van der Waals surface area contributed by atoms with E-state index in [4.69, 9.17) is 23.2 Å². The summed E-state index contributed by atoms with van der Waals surface area (Å²) in [4.78, 5) is 0. The fourth-order valence-electron chi connectivity index (χ4n) is 1.44. The van der Waals surface area contributed by atoms with Crippen LogP contribution in [0.25, 0.3) is 5.57 Å². The van der Waals surface area contributed by atoms with Crippen molar-refractivity contribution in [2.45, 2.75) is 20.3 Å². The van der Waals surface area contributed by atoms with E-state index >= 15 is 0 Å². The highest BCUT2D eigenvalue weighted by Crippen LogP contribution is 2.27. The second kappa shape index (κ2) is 5.39. The van der Waals surface area contributed by atoms with Gasteiger partial charge in [-0.3, -0.25) is 0 Å². The minimum Gasteiger partial charge on any atom is -0.0998 e. The summed E-state index contributed by atoms with van der Waals surface area (Å²) in [7, 11) is 0. The third kappa shape index (κ3) is 3.73. The summed E-state index contributed by atoms with van der Waals surface area (Å²) in [6, 6.07) is 5.58. The highest BCUT2D eigenvalue weighted by atomic mass is 35.5. The molecule has 0 bridgehead atoms. The fourth-order valence-corrected chi connectivity index (χ4v) is 1.96. The van der Waals surface area contributed by atoms with E-state index < -0.39 is 0 Å². The van der Waals surface area contributed by atoms with Gasteiger partial charge in [0.15, 0.2) is 0 Å². The van der Waals surface area contributed by atoms with Gasteiger partial charge in [0.25, 0.3) is 0 Å². The van der Waals surface area contributed by atoms with Crippen molar-refractivity contribution in [3.05, 3.63) is 52.0 Å². The molecule has 0 unspecified atom stereocenters. The zero-order valence-corrected chi connectivity index (χ0v) is 10.5. The monoisotopic (exact) mass is 240 g/mol. The molecule has 0 nitrogen and oxygen atoms in total. The molecule has 2 heteroatoms. The van der Waals surface area contributed by atoms with Crippen LogP contribution >= 0.6 is 23.2 Å². The van der Waals surface area contributed by atoms with E-state index in [1.54, 1.807) is 6.07 Å². The molecular formula is C13H14Cl2. The van der Waals surface area contributed by atoms with Gasteiger partial charge in [-0.25, -0.2) is 0 Å². The molecule has 1 aromatic rings. The predicted molar refractivity (Wildman–Crippen MR) is 69.5 cm³/mol. The molecule has 0 N–H and O–H groups in total. The van der Waals surface area contributed by atoms with Gasteiger partial charge < -0.3 is 0 Å². The van der Waals surface area contributed by atoms with Gasteiger partial charge in [0.1, 0.15) is 0 Å². The lowest BCUT2D eigenvalue weighted by atomic mass is 9.99. The van der Waals surface area contributed by atoms with Crippen LogP contribution in [0, 0.1) is 0 Å². The normalized spacial score (nSPS) is 11.6. The summed E-state index contributed by atoms with van der Waals surface area (Å²) in [5.74, 6) is 0. The third-order valence-corrected chi connectivity index (χ3v) is 2.51. The number of benzene rings is 1. The zero-order valence-electron chi connectivity index (χ0n) is 8.98. The van der Waals surface area contributed by atoms with Gasteiger partial charge in [0.2, 0.25) is 0 Å². The molecule has 15 heavy (non-hydrogen) atoms. The highest BCUT2D eigenvalue weighted by Gasteiger charge is 2.03. The van der Waals surface area contributed by atoms with E-state index in [1.807, 2.05) is 26.0 Å². The Morgan fingerprint density at radius 1 is 1.27 bits per heavy atom. The van der Waals surface area contributed by atoms with Crippen molar-refractivity contribution < 1.29 is 0 Å². The first-order valence-corrected chi connectivity index (χ1v) is 5.54. The van der Waals surface area contributed by atoms with E-state index in [0.29, 0.717) is 10.0 Å². The first-order valence-electron chi connectivity index (χ1n) is 4.79. The maximum absolute atomic E-state index is 5.95. The van der Waals surface area contributed by atoms with Crippen molar-refractivity contribution in [1.82, 2.24) is 0 Å². The average molecular weight is 241 g/mol. The molecule has 0 heterocycles. The first kappa shape index (κ1) is 12.4. The lowest BCUT2D eigenvalue weighted by Crippen LogP contribution is -1.86. The summed E-state index contributed by atoms with van der Waals surface area (Å²) in [5, 5.41) is 1.33. The molecule has 1 aromatic carbocycles. The summed E-state index contributed by atoms with van der Waals surface area (Å²) >= 11 is 11.9. The largest absolute Gasteiger partial charge is 0.0998 e. The highest BCUT2D eigenvalue weighted by molar-refractivity contribution is 6.34. The number of hydrogen-bond acceptors (Lipinski definition) is 0. The zero-order chi connectivity index (χ0) is 11.4. The summed E-state index contributed by atoms with van der Waals surface area (Å²) in [6.07, 6.45) is 2.92. The second-order valence-corrected chi connectivity index (χ2v) is 4.48. The third-order valence-electron chi connectivity index (χ3n) is 2.07. The van der Waals surface area contributed by atoms with Crippen LogP contribution in [0.3, 0.4) is 0 Å². The lowest BCUT2D eigenvalue weighted by Gasteiger charge is -2.08. The predicted octanol–water partition coefficient (Wildman–Crippen LogP) is 5.36. The van der Waals surface area contributed by atoms with Crippen molar-refractivity contribution in [3.8, 4) is 0 Å². The van der Waals surface area contributed by atoms with Crippen molar-refractivity contribution in [3.63, 3.8) is 0 Å². The quantitative estimate of drug-likeness (QED) is 0.624. The molecule has 0 aliphatic rings. The van der Waals surface area contributed by atoms with E-state index in [2.05, 4.69) is 12.7 Å². The standard InChI is InChI=1S/C13H14Cl2/c1-4-10(5-9(2)3)11-6-12(14)8-13(15)7-11/h4,6-8H,2,5H2,1,3H3/b10-4+. The van der Waals surface area contributed by atoms with Gasteiger partial charge in [-0.1, -0.05) is 41.4 Å². The Bertz CT molecular complexity index is 383. The Kier molecular flexibility index (Phi) is 4.44. The Hall–Kier alpha value is -0.720. The van der Waals surface area contributed by atoms with Crippen LogP contribution in [0.1, 0.15) is 25.8 Å². The van der Waals surface area contributed by atoms with Crippen LogP contribution in [0.4, 0.5) is 0 Å². The molecule has 0 fully saturated rings. The molecule has 0 aliphatic heterocycles. The van der Waals surface area contributed by atoms with E-state index in [9.17, 15) is 0 Å². The van der Waals surface area contributed by atoms with Gasteiger partial charge in [0, 0.05) is 10.0 Å². The molecule has 0 aliphatic carbocycles. The molecule has 0 atom stereocenters. The molecule has 0 radical (unpaired) electrons. The number of allylic oxidation sites excluding steroid dienone is 3. The SMILES string of the molecule is C=C(C)C/C(=C\C)c1cc(Cl)cc(Cl)c1. The van der Waals surface area contributed by atoms with Crippen LogP contribution in [0.15, 0.2) is 36.4 Å². The van der Waals surface area contributed by atoms with Crippen molar-refractivity contribution >= 4 is 28.8 Å². The smallest absolute Gasteiger partial charge is 0.0426 e. The molecule has 0 spiro atoms. The maximum Gasteiger partial charge on any atom is 0.0426 e. The number of rotatable bonds is 3. The van der Waals surface area contributed by atoms with Crippen LogP contribution in [0.5, 0.6) is 0 Å².